The second-order valence-corrected chi connectivity index (χ2v) is 7.58. The largest absolute Gasteiger partial charge is 0.352 e. The van der Waals surface area contributed by atoms with E-state index in [1.807, 2.05) is 29.2 Å². The fourth-order valence-electron chi connectivity index (χ4n) is 3.66. The molecule has 2 aliphatic rings. The Balaban J connectivity index is 1.29. The zero-order chi connectivity index (χ0) is 18.6. The molecule has 0 unspecified atom stereocenters. The van der Waals surface area contributed by atoms with Crippen molar-refractivity contribution in [1.29, 1.82) is 0 Å². The normalized spacial score (nSPS) is 16.8. The Morgan fingerprint density at radius 2 is 1.78 bits per heavy atom. The Hall–Kier alpha value is -2.34. The first-order chi connectivity index (χ1) is 13.2. The van der Waals surface area contributed by atoms with Crippen LogP contribution in [0.4, 0.5) is 10.6 Å². The number of hydrogen-bond donors (Lipinski definition) is 1. The molecule has 2 amide bonds. The molecule has 142 valence electrons. The molecule has 2 aromatic rings. The van der Waals surface area contributed by atoms with Crippen molar-refractivity contribution in [3.05, 3.63) is 52.2 Å². The molecule has 1 aliphatic heterocycles. The van der Waals surface area contributed by atoms with Crippen molar-refractivity contribution in [1.82, 2.24) is 20.4 Å². The van der Waals surface area contributed by atoms with Crippen molar-refractivity contribution in [3.63, 3.8) is 0 Å². The molecule has 4 rings (SSSR count). The smallest absolute Gasteiger partial charge is 0.317 e. The quantitative estimate of drug-likeness (QED) is 0.882. The lowest BCUT2D eigenvalue weighted by molar-refractivity contribution is 0.194. The molecule has 0 radical (unpaired) electrons. The van der Waals surface area contributed by atoms with Crippen molar-refractivity contribution in [3.8, 4) is 0 Å². The van der Waals surface area contributed by atoms with Gasteiger partial charge in [-0.2, -0.15) is 5.10 Å². The first-order valence-electron chi connectivity index (χ1n) is 9.57. The van der Waals surface area contributed by atoms with Crippen molar-refractivity contribution < 1.29 is 4.79 Å². The van der Waals surface area contributed by atoms with Gasteiger partial charge in [-0.25, -0.2) is 4.79 Å². The fraction of sp³-hybridized carbons (Fsp3) is 0.450. The van der Waals surface area contributed by atoms with Crippen molar-refractivity contribution in [2.24, 2.45) is 0 Å². The van der Waals surface area contributed by atoms with E-state index < -0.39 is 0 Å². The summed E-state index contributed by atoms with van der Waals surface area (Å²) in [6.07, 6.45) is 4.60. The molecule has 1 aliphatic carbocycles. The van der Waals surface area contributed by atoms with E-state index in [1.165, 1.54) is 18.4 Å². The van der Waals surface area contributed by atoms with Crippen molar-refractivity contribution in [2.75, 3.05) is 31.1 Å². The second-order valence-electron chi connectivity index (χ2n) is 7.14. The summed E-state index contributed by atoms with van der Waals surface area (Å²) in [4.78, 5) is 16.5. The monoisotopic (exact) mass is 385 g/mol. The highest BCUT2D eigenvalue weighted by Crippen LogP contribution is 2.23. The minimum absolute atomic E-state index is 0.0267. The Kier molecular flexibility index (Phi) is 5.43. The van der Waals surface area contributed by atoms with Gasteiger partial charge < -0.3 is 15.1 Å². The van der Waals surface area contributed by atoms with E-state index in [1.54, 1.807) is 0 Å². The fourth-order valence-corrected chi connectivity index (χ4v) is 3.79. The van der Waals surface area contributed by atoms with Crippen LogP contribution in [0.2, 0.25) is 5.02 Å². The highest BCUT2D eigenvalue weighted by Gasteiger charge is 2.23. The van der Waals surface area contributed by atoms with Gasteiger partial charge in [-0.3, -0.25) is 0 Å². The molecule has 6 nitrogen and oxygen atoms in total. The Morgan fingerprint density at radius 3 is 2.56 bits per heavy atom. The molecule has 0 saturated carbocycles. The number of carbonyl (C=O) groups is 1. The van der Waals surface area contributed by atoms with Crippen molar-refractivity contribution >= 4 is 23.4 Å². The van der Waals surface area contributed by atoms with Crippen LogP contribution in [0.1, 0.15) is 29.7 Å². The number of benzene rings is 1. The zero-order valence-corrected chi connectivity index (χ0v) is 16.1. The van der Waals surface area contributed by atoms with E-state index in [0.717, 1.165) is 43.0 Å². The van der Waals surface area contributed by atoms with Gasteiger partial charge in [0.2, 0.25) is 0 Å². The topological polar surface area (TPSA) is 61.4 Å². The maximum atomic E-state index is 12.4. The highest BCUT2D eigenvalue weighted by molar-refractivity contribution is 6.30. The zero-order valence-electron chi connectivity index (χ0n) is 15.3. The van der Waals surface area contributed by atoms with E-state index in [2.05, 4.69) is 26.5 Å². The number of urea groups is 1. The lowest BCUT2D eigenvalue weighted by atomic mass is 9.97. The lowest BCUT2D eigenvalue weighted by Gasteiger charge is -2.35. The van der Waals surface area contributed by atoms with Crippen molar-refractivity contribution in [2.45, 2.75) is 32.2 Å². The molecule has 1 N–H and O–H groups in total. The number of carbonyl (C=O) groups excluding carboxylic acids is 1. The summed E-state index contributed by atoms with van der Waals surface area (Å²) in [7, 11) is 0. The maximum Gasteiger partial charge on any atom is 0.317 e. The van der Waals surface area contributed by atoms with E-state index in [4.69, 9.17) is 11.6 Å². The average Bonchev–Trinajstić information content (AvgIpc) is 2.73. The number of amides is 2. The number of piperazine rings is 1. The molecular formula is C20H24ClN5O. The number of hydrogen-bond acceptors (Lipinski definition) is 4. The number of nitrogens with zero attached hydrogens (tertiary/aromatic N) is 4. The Morgan fingerprint density at radius 1 is 1.04 bits per heavy atom. The molecule has 0 atom stereocenters. The Bertz CT molecular complexity index is 803. The summed E-state index contributed by atoms with van der Waals surface area (Å²) < 4.78 is 0. The van der Waals surface area contributed by atoms with Gasteiger partial charge in [0.15, 0.2) is 5.82 Å². The number of nitrogens with one attached hydrogen (secondary N) is 1. The average molecular weight is 386 g/mol. The number of fused-ring (bicyclic) bond motifs is 1. The van der Waals surface area contributed by atoms with E-state index >= 15 is 0 Å². The number of rotatable bonds is 3. The summed E-state index contributed by atoms with van der Waals surface area (Å²) in [5, 5.41) is 12.5. The van der Waals surface area contributed by atoms with Crippen LogP contribution in [-0.4, -0.2) is 47.3 Å². The molecule has 0 spiro atoms. The molecule has 1 aromatic carbocycles. The van der Waals surface area contributed by atoms with Gasteiger partial charge in [-0.1, -0.05) is 23.7 Å². The van der Waals surface area contributed by atoms with E-state index in [9.17, 15) is 4.79 Å². The molecule has 1 aromatic heterocycles. The Labute approximate surface area is 164 Å². The summed E-state index contributed by atoms with van der Waals surface area (Å²) >= 11 is 5.89. The molecule has 7 heteroatoms. The first kappa shape index (κ1) is 18.0. The van der Waals surface area contributed by atoms with Crippen LogP contribution in [-0.2, 0) is 19.4 Å². The van der Waals surface area contributed by atoms with Crippen LogP contribution in [0.3, 0.4) is 0 Å². The predicted octanol–water partition coefficient (Wildman–Crippen LogP) is 3.04. The van der Waals surface area contributed by atoms with Crippen LogP contribution in [0, 0.1) is 0 Å². The van der Waals surface area contributed by atoms with Gasteiger partial charge in [0.25, 0.3) is 0 Å². The van der Waals surface area contributed by atoms with Crippen LogP contribution in [0.15, 0.2) is 30.3 Å². The predicted molar refractivity (Wildman–Crippen MR) is 106 cm³/mol. The van der Waals surface area contributed by atoms with E-state index in [0.29, 0.717) is 24.7 Å². The number of aryl methyl sites for hydroxylation is 2. The maximum absolute atomic E-state index is 12.4. The van der Waals surface area contributed by atoms with Gasteiger partial charge in [0.1, 0.15) is 0 Å². The lowest BCUT2D eigenvalue weighted by Crippen LogP contribution is -2.52. The third kappa shape index (κ3) is 4.33. The molecule has 27 heavy (non-hydrogen) atoms. The van der Waals surface area contributed by atoms with Crippen LogP contribution >= 0.6 is 11.6 Å². The third-order valence-corrected chi connectivity index (χ3v) is 5.56. The molecule has 0 bridgehead atoms. The van der Waals surface area contributed by atoms with Gasteiger partial charge in [0.05, 0.1) is 5.69 Å². The van der Waals surface area contributed by atoms with Gasteiger partial charge in [-0.05, 0) is 55.0 Å². The second kappa shape index (κ2) is 8.13. The molecule has 2 heterocycles. The van der Waals surface area contributed by atoms with Crippen LogP contribution in [0.5, 0.6) is 0 Å². The summed E-state index contributed by atoms with van der Waals surface area (Å²) in [5.74, 6) is 0.942. The number of halogens is 1. The summed E-state index contributed by atoms with van der Waals surface area (Å²) in [6, 6.07) is 9.69. The van der Waals surface area contributed by atoms with Gasteiger partial charge in [0, 0.05) is 37.7 Å². The first-order valence-corrected chi connectivity index (χ1v) is 9.94. The summed E-state index contributed by atoms with van der Waals surface area (Å²) in [6.45, 7) is 3.44. The van der Waals surface area contributed by atoms with Crippen LogP contribution in [0.25, 0.3) is 0 Å². The number of anilines is 1. The van der Waals surface area contributed by atoms with Gasteiger partial charge in [-0.15, -0.1) is 5.10 Å². The standard InChI is InChI=1S/C20H24ClN5O/c21-17-7-5-15(6-8-17)14-22-20(27)26-11-9-25(10-12-26)19-13-16-3-1-2-4-18(16)23-24-19/h5-8,13H,1-4,9-12,14H2,(H,22,27). The summed E-state index contributed by atoms with van der Waals surface area (Å²) in [5.41, 5.74) is 3.54. The third-order valence-electron chi connectivity index (χ3n) is 5.30. The molecule has 1 saturated heterocycles. The van der Waals surface area contributed by atoms with E-state index in [-0.39, 0.29) is 6.03 Å². The van der Waals surface area contributed by atoms with Crippen LogP contribution < -0.4 is 10.2 Å². The molecule has 1 fully saturated rings. The van der Waals surface area contributed by atoms with Gasteiger partial charge >= 0.3 is 6.03 Å². The number of aromatic nitrogens is 2. The molecular weight excluding hydrogens is 362 g/mol. The SMILES string of the molecule is O=C(NCc1ccc(Cl)cc1)N1CCN(c2cc3c(nn2)CCCC3)CC1. The highest BCUT2D eigenvalue weighted by atomic mass is 35.5. The minimum atomic E-state index is -0.0267. The minimum Gasteiger partial charge on any atom is -0.352 e.